The molecular weight excluding hydrogens is 160 g/mol. The zero-order valence-corrected chi connectivity index (χ0v) is 7.02. The summed E-state index contributed by atoms with van der Waals surface area (Å²) in [5.74, 6) is 0.0274. The molecule has 2 aliphatic rings. The van der Waals surface area contributed by atoms with Crippen LogP contribution < -0.4 is 0 Å². The van der Waals surface area contributed by atoms with Crippen molar-refractivity contribution < 1.29 is 14.5 Å². The van der Waals surface area contributed by atoms with E-state index in [1.54, 1.807) is 11.6 Å². The van der Waals surface area contributed by atoms with Crippen LogP contribution in [0.1, 0.15) is 6.42 Å². The van der Waals surface area contributed by atoms with E-state index >= 15 is 0 Å². The Kier molecular flexibility index (Phi) is 1.90. The number of hydrogen-bond acceptors (Lipinski definition) is 3. The van der Waals surface area contributed by atoms with E-state index in [0.29, 0.717) is 13.0 Å². The van der Waals surface area contributed by atoms with Crippen molar-refractivity contribution in [1.29, 1.82) is 0 Å². The molecule has 2 bridgehead atoms. The van der Waals surface area contributed by atoms with Crippen molar-refractivity contribution in [3.63, 3.8) is 0 Å². The summed E-state index contributed by atoms with van der Waals surface area (Å²) in [6.45, 7) is 2.27. The maximum absolute atomic E-state index is 13.2. The maximum atomic E-state index is 13.2. The number of aliphatic hydroxyl groups is 1. The van der Waals surface area contributed by atoms with Gasteiger partial charge in [-0.15, -0.1) is 0 Å². The lowest BCUT2D eigenvalue weighted by atomic mass is 9.82. The molecule has 1 aliphatic carbocycles. The Morgan fingerprint density at radius 3 is 2.67 bits per heavy atom. The fourth-order valence-electron chi connectivity index (χ4n) is 2.40. The van der Waals surface area contributed by atoms with Gasteiger partial charge in [0, 0.05) is 12.0 Å². The van der Waals surface area contributed by atoms with Gasteiger partial charge >= 0.3 is 7.05 Å². The van der Waals surface area contributed by atoms with Gasteiger partial charge in [0.15, 0.2) is 0 Å². The summed E-state index contributed by atoms with van der Waals surface area (Å²) in [6.07, 6.45) is -1.28. The summed E-state index contributed by atoms with van der Waals surface area (Å²) >= 11 is 0. The highest BCUT2D eigenvalue weighted by atomic mass is 19.1. The van der Waals surface area contributed by atoms with Gasteiger partial charge in [-0.3, -0.25) is 0 Å². The molecule has 1 aliphatic heterocycles. The number of aliphatic hydroxyl groups excluding tert-OH is 1. The molecule has 2 fully saturated rings. The molecular formula is C7H13BFNO2. The number of piperidine rings is 1. The molecule has 12 heavy (non-hydrogen) atoms. The van der Waals surface area contributed by atoms with Gasteiger partial charge in [-0.2, -0.15) is 0 Å². The van der Waals surface area contributed by atoms with Crippen LogP contribution in [0.4, 0.5) is 4.39 Å². The van der Waals surface area contributed by atoms with Crippen LogP contribution in [0.25, 0.3) is 0 Å². The van der Waals surface area contributed by atoms with E-state index in [-0.39, 0.29) is 12.0 Å². The summed E-state index contributed by atoms with van der Waals surface area (Å²) < 4.78 is 13.2. The number of alkyl halides is 1. The van der Waals surface area contributed by atoms with Crippen LogP contribution in [0.5, 0.6) is 0 Å². The molecule has 0 aromatic carbocycles. The average molecular weight is 173 g/mol. The van der Waals surface area contributed by atoms with Gasteiger partial charge in [0.25, 0.3) is 0 Å². The first kappa shape index (κ1) is 8.47. The zero-order valence-electron chi connectivity index (χ0n) is 7.02. The van der Waals surface area contributed by atoms with Gasteiger partial charge in [0.1, 0.15) is 6.17 Å². The molecule has 0 spiro atoms. The summed E-state index contributed by atoms with van der Waals surface area (Å²) in [7, 11) is -0.592. The second kappa shape index (κ2) is 2.68. The number of fused-ring (bicyclic) bond motifs is 2. The van der Waals surface area contributed by atoms with Crippen LogP contribution in [0.15, 0.2) is 0 Å². The van der Waals surface area contributed by atoms with Crippen molar-refractivity contribution in [2.75, 3.05) is 6.54 Å². The minimum absolute atomic E-state index is 0.0274. The van der Waals surface area contributed by atoms with Crippen molar-refractivity contribution in [3.05, 3.63) is 0 Å². The lowest BCUT2D eigenvalue weighted by molar-refractivity contribution is 0.0195. The Hall–Kier alpha value is -0.125. The molecule has 4 atom stereocenters. The molecule has 2 unspecified atom stereocenters. The first-order valence-corrected chi connectivity index (χ1v) is 4.37. The SMILES string of the molecule is CB(O)N1CC2CC1[C@@H](F)[C@@H]2O. The monoisotopic (exact) mass is 173 g/mol. The topological polar surface area (TPSA) is 43.7 Å². The van der Waals surface area contributed by atoms with Crippen LogP contribution in [0, 0.1) is 5.92 Å². The van der Waals surface area contributed by atoms with Crippen molar-refractivity contribution in [1.82, 2.24) is 4.81 Å². The lowest BCUT2D eigenvalue weighted by Gasteiger charge is -2.32. The Balaban J connectivity index is 2.10. The highest BCUT2D eigenvalue weighted by Crippen LogP contribution is 2.39. The van der Waals surface area contributed by atoms with Gasteiger partial charge in [0.05, 0.1) is 6.10 Å². The third kappa shape index (κ3) is 1.00. The number of rotatable bonds is 1. The Morgan fingerprint density at radius 2 is 2.25 bits per heavy atom. The summed E-state index contributed by atoms with van der Waals surface area (Å²) in [5, 5.41) is 18.6. The fraction of sp³-hybridized carbons (Fsp3) is 1.00. The smallest absolute Gasteiger partial charge is 0.376 e. The molecule has 0 amide bonds. The van der Waals surface area contributed by atoms with E-state index in [2.05, 4.69) is 0 Å². The van der Waals surface area contributed by atoms with Crippen LogP contribution in [0.2, 0.25) is 6.82 Å². The molecule has 1 heterocycles. The molecule has 1 saturated heterocycles. The second-order valence-electron chi connectivity index (χ2n) is 3.83. The van der Waals surface area contributed by atoms with Crippen LogP contribution in [-0.4, -0.2) is 46.9 Å². The van der Waals surface area contributed by atoms with Crippen molar-refractivity contribution in [3.8, 4) is 0 Å². The fourth-order valence-corrected chi connectivity index (χ4v) is 2.40. The Morgan fingerprint density at radius 1 is 1.58 bits per heavy atom. The van der Waals surface area contributed by atoms with Gasteiger partial charge in [-0.05, 0) is 19.8 Å². The summed E-state index contributed by atoms with van der Waals surface area (Å²) in [6, 6.07) is -0.259. The van der Waals surface area contributed by atoms with Gasteiger partial charge in [-0.25, -0.2) is 4.39 Å². The highest BCUT2D eigenvalue weighted by Gasteiger charge is 2.53. The predicted molar refractivity (Wildman–Crippen MR) is 43.3 cm³/mol. The average Bonchev–Trinajstić information content (AvgIpc) is 2.53. The van der Waals surface area contributed by atoms with Crippen LogP contribution >= 0.6 is 0 Å². The Bertz CT molecular complexity index is 190. The second-order valence-corrected chi connectivity index (χ2v) is 3.83. The van der Waals surface area contributed by atoms with E-state index in [1.165, 1.54) is 0 Å². The Labute approximate surface area is 71.3 Å². The molecule has 68 valence electrons. The van der Waals surface area contributed by atoms with Crippen molar-refractivity contribution >= 4 is 7.05 Å². The molecule has 3 nitrogen and oxygen atoms in total. The van der Waals surface area contributed by atoms with Crippen molar-refractivity contribution in [2.45, 2.75) is 31.6 Å². The standard InChI is InChI=1S/C7H13BFNO2/c1-8(12)10-3-4-2-5(10)6(9)7(4)11/h4-7,11-12H,2-3H2,1H3/t4?,5?,6-,7-/m1/s1. The van der Waals surface area contributed by atoms with Crippen LogP contribution in [-0.2, 0) is 0 Å². The largest absolute Gasteiger partial charge is 0.437 e. The van der Waals surface area contributed by atoms with Gasteiger partial charge in [-0.1, -0.05) is 0 Å². The van der Waals surface area contributed by atoms with E-state index in [0.717, 1.165) is 0 Å². The lowest BCUT2D eigenvalue weighted by Crippen LogP contribution is -2.51. The predicted octanol–water partition coefficient (Wildman–Crippen LogP) is -0.500. The van der Waals surface area contributed by atoms with E-state index < -0.39 is 19.3 Å². The molecule has 5 heteroatoms. The maximum Gasteiger partial charge on any atom is 0.376 e. The van der Waals surface area contributed by atoms with Gasteiger partial charge in [0.2, 0.25) is 0 Å². The highest BCUT2D eigenvalue weighted by molar-refractivity contribution is 6.45. The molecule has 0 aromatic heterocycles. The summed E-state index contributed by atoms with van der Waals surface area (Å²) in [5.41, 5.74) is 0. The molecule has 2 rings (SSSR count). The molecule has 0 radical (unpaired) electrons. The van der Waals surface area contributed by atoms with Crippen molar-refractivity contribution in [2.24, 2.45) is 5.92 Å². The summed E-state index contributed by atoms with van der Waals surface area (Å²) in [4.78, 5) is 1.72. The number of nitrogens with zero attached hydrogens (tertiary/aromatic N) is 1. The first-order valence-electron chi connectivity index (χ1n) is 4.37. The van der Waals surface area contributed by atoms with E-state index in [4.69, 9.17) is 0 Å². The third-order valence-corrected chi connectivity index (χ3v) is 3.07. The van der Waals surface area contributed by atoms with Crippen LogP contribution in [0.3, 0.4) is 0 Å². The quantitative estimate of drug-likeness (QED) is 0.525. The molecule has 1 saturated carbocycles. The normalized spacial score (nSPS) is 47.0. The molecule has 2 N–H and O–H groups in total. The molecule has 0 aromatic rings. The first-order chi connectivity index (χ1) is 5.61. The third-order valence-electron chi connectivity index (χ3n) is 3.07. The van der Waals surface area contributed by atoms with E-state index in [1.807, 2.05) is 0 Å². The minimum atomic E-state index is -1.17. The zero-order chi connectivity index (χ0) is 8.88. The minimum Gasteiger partial charge on any atom is -0.437 e. The number of halogens is 1. The van der Waals surface area contributed by atoms with Gasteiger partial charge < -0.3 is 14.9 Å². The number of hydrogen-bond donors (Lipinski definition) is 2. The van der Waals surface area contributed by atoms with E-state index in [9.17, 15) is 14.5 Å².